The molecule has 2 N–H and O–H groups in total. The highest BCUT2D eigenvalue weighted by Crippen LogP contribution is 2.29. The van der Waals surface area contributed by atoms with E-state index in [1.54, 1.807) is 0 Å². The summed E-state index contributed by atoms with van der Waals surface area (Å²) < 4.78 is 27.5. The highest BCUT2D eigenvalue weighted by Gasteiger charge is 2.29. The van der Waals surface area contributed by atoms with Crippen LogP contribution in [-0.2, 0) is 0 Å². The Morgan fingerprint density at radius 3 is 2.50 bits per heavy atom. The minimum atomic E-state index is -0.468. The number of benzene rings is 1. The van der Waals surface area contributed by atoms with Gasteiger partial charge in [0, 0.05) is 30.7 Å². The molecule has 1 aromatic carbocycles. The van der Waals surface area contributed by atoms with Crippen LogP contribution >= 0.6 is 0 Å². The number of rotatable bonds is 2. The molecule has 0 bridgehead atoms. The van der Waals surface area contributed by atoms with Crippen LogP contribution < -0.4 is 5.73 Å². The summed E-state index contributed by atoms with van der Waals surface area (Å²) in [6.45, 7) is 5.52. The number of likely N-dealkylation sites (tertiary alicyclic amines) is 1. The number of nitrogens with zero attached hydrogens (tertiary/aromatic N) is 1. The molecule has 2 nitrogen and oxygen atoms in total. The van der Waals surface area contributed by atoms with Crippen LogP contribution in [0.4, 0.5) is 8.78 Å². The van der Waals surface area contributed by atoms with E-state index < -0.39 is 11.6 Å². The zero-order chi connectivity index (χ0) is 13.3. The van der Waals surface area contributed by atoms with Crippen LogP contribution in [0.1, 0.15) is 31.9 Å². The van der Waals surface area contributed by atoms with Gasteiger partial charge in [-0.25, -0.2) is 8.78 Å². The van der Waals surface area contributed by atoms with E-state index in [2.05, 4.69) is 11.8 Å². The Kier molecular flexibility index (Phi) is 3.97. The number of piperidine rings is 1. The van der Waals surface area contributed by atoms with Crippen molar-refractivity contribution in [3.8, 4) is 0 Å². The molecule has 1 saturated heterocycles. The highest BCUT2D eigenvalue weighted by molar-refractivity contribution is 5.23. The summed E-state index contributed by atoms with van der Waals surface area (Å²) in [5.74, 6) is -0.578. The fraction of sp³-hybridized carbons (Fsp3) is 0.571. The minimum absolute atomic E-state index is 0.167. The fourth-order valence-electron chi connectivity index (χ4n) is 2.64. The second kappa shape index (κ2) is 5.33. The highest BCUT2D eigenvalue weighted by atomic mass is 19.1. The summed E-state index contributed by atoms with van der Waals surface area (Å²) in [7, 11) is 0. The zero-order valence-electron chi connectivity index (χ0n) is 10.9. The van der Waals surface area contributed by atoms with Gasteiger partial charge in [0.15, 0.2) is 0 Å². The topological polar surface area (TPSA) is 29.3 Å². The number of halogens is 2. The SMILES string of the molecule is CC1CN(C(C)c2c(F)cccc2F)CCC1N. The first-order valence-electron chi connectivity index (χ1n) is 6.44. The molecule has 0 amide bonds. The van der Waals surface area contributed by atoms with Gasteiger partial charge < -0.3 is 5.73 Å². The largest absolute Gasteiger partial charge is 0.327 e. The smallest absolute Gasteiger partial charge is 0.130 e. The second-order valence-electron chi connectivity index (χ2n) is 5.24. The summed E-state index contributed by atoms with van der Waals surface area (Å²) >= 11 is 0. The Morgan fingerprint density at radius 2 is 1.94 bits per heavy atom. The maximum Gasteiger partial charge on any atom is 0.130 e. The second-order valence-corrected chi connectivity index (χ2v) is 5.24. The Balaban J connectivity index is 2.19. The third kappa shape index (κ3) is 2.54. The van der Waals surface area contributed by atoms with Crippen molar-refractivity contribution >= 4 is 0 Å². The number of nitrogens with two attached hydrogens (primary N) is 1. The first-order chi connectivity index (χ1) is 8.50. The maximum atomic E-state index is 13.7. The van der Waals surface area contributed by atoms with Crippen molar-refractivity contribution in [3.05, 3.63) is 35.4 Å². The van der Waals surface area contributed by atoms with E-state index >= 15 is 0 Å². The van der Waals surface area contributed by atoms with Crippen LogP contribution in [0, 0.1) is 17.6 Å². The van der Waals surface area contributed by atoms with Gasteiger partial charge in [-0.2, -0.15) is 0 Å². The molecule has 3 atom stereocenters. The molecule has 0 aromatic heterocycles. The molecule has 3 unspecified atom stereocenters. The lowest BCUT2D eigenvalue weighted by atomic mass is 9.92. The van der Waals surface area contributed by atoms with Gasteiger partial charge in [0.2, 0.25) is 0 Å². The Labute approximate surface area is 107 Å². The van der Waals surface area contributed by atoms with Crippen LogP contribution in [0.5, 0.6) is 0 Å². The van der Waals surface area contributed by atoms with Gasteiger partial charge in [0.1, 0.15) is 11.6 Å². The molecular formula is C14H20F2N2. The summed E-state index contributed by atoms with van der Waals surface area (Å²) in [5.41, 5.74) is 6.13. The molecule has 0 saturated carbocycles. The van der Waals surface area contributed by atoms with Crippen LogP contribution in [0.3, 0.4) is 0 Å². The summed E-state index contributed by atoms with van der Waals surface area (Å²) in [5, 5.41) is 0. The molecule has 1 aliphatic rings. The van der Waals surface area contributed by atoms with Gasteiger partial charge in [0.25, 0.3) is 0 Å². The third-order valence-electron chi connectivity index (χ3n) is 3.97. The normalized spacial score (nSPS) is 27.2. The Hall–Kier alpha value is -1.00. The monoisotopic (exact) mass is 254 g/mol. The quantitative estimate of drug-likeness (QED) is 0.879. The van der Waals surface area contributed by atoms with E-state index in [1.807, 2.05) is 6.92 Å². The number of hydrogen-bond donors (Lipinski definition) is 1. The van der Waals surface area contributed by atoms with Crippen molar-refractivity contribution < 1.29 is 8.78 Å². The van der Waals surface area contributed by atoms with Gasteiger partial charge in [-0.15, -0.1) is 0 Å². The van der Waals surface area contributed by atoms with E-state index in [1.165, 1.54) is 18.2 Å². The molecule has 1 aromatic rings. The minimum Gasteiger partial charge on any atom is -0.327 e. The fourth-order valence-corrected chi connectivity index (χ4v) is 2.64. The van der Waals surface area contributed by atoms with Gasteiger partial charge >= 0.3 is 0 Å². The van der Waals surface area contributed by atoms with Crippen LogP contribution in [-0.4, -0.2) is 24.0 Å². The lowest BCUT2D eigenvalue weighted by Crippen LogP contribution is -2.46. The molecule has 0 aliphatic carbocycles. The van der Waals surface area contributed by atoms with Crippen molar-refractivity contribution in [3.63, 3.8) is 0 Å². The predicted octanol–water partition coefficient (Wildman–Crippen LogP) is 2.69. The molecule has 2 rings (SSSR count). The molecule has 0 radical (unpaired) electrons. The van der Waals surface area contributed by atoms with Crippen molar-refractivity contribution in [2.45, 2.75) is 32.4 Å². The molecule has 18 heavy (non-hydrogen) atoms. The molecule has 1 aliphatic heterocycles. The number of hydrogen-bond acceptors (Lipinski definition) is 2. The first kappa shape index (κ1) is 13.4. The molecular weight excluding hydrogens is 234 g/mol. The van der Waals surface area contributed by atoms with Gasteiger partial charge in [0.05, 0.1) is 0 Å². The van der Waals surface area contributed by atoms with E-state index in [9.17, 15) is 8.78 Å². The van der Waals surface area contributed by atoms with Crippen LogP contribution in [0.2, 0.25) is 0 Å². The third-order valence-corrected chi connectivity index (χ3v) is 3.97. The van der Waals surface area contributed by atoms with Crippen molar-refractivity contribution in [2.75, 3.05) is 13.1 Å². The van der Waals surface area contributed by atoms with Crippen molar-refractivity contribution in [1.29, 1.82) is 0 Å². The van der Waals surface area contributed by atoms with E-state index in [-0.39, 0.29) is 17.6 Å². The summed E-state index contributed by atoms with van der Waals surface area (Å²) in [6.07, 6.45) is 0.877. The summed E-state index contributed by atoms with van der Waals surface area (Å²) in [4.78, 5) is 2.11. The summed E-state index contributed by atoms with van der Waals surface area (Å²) in [6, 6.07) is 3.97. The van der Waals surface area contributed by atoms with Crippen LogP contribution in [0.25, 0.3) is 0 Å². The average Bonchev–Trinajstić information content (AvgIpc) is 2.32. The molecule has 4 heteroatoms. The molecule has 0 spiro atoms. The van der Waals surface area contributed by atoms with E-state index in [0.29, 0.717) is 5.92 Å². The van der Waals surface area contributed by atoms with Gasteiger partial charge in [-0.1, -0.05) is 13.0 Å². The van der Waals surface area contributed by atoms with Crippen molar-refractivity contribution in [1.82, 2.24) is 4.90 Å². The van der Waals surface area contributed by atoms with Crippen LogP contribution in [0.15, 0.2) is 18.2 Å². The van der Waals surface area contributed by atoms with E-state index in [0.717, 1.165) is 19.5 Å². The molecule has 100 valence electrons. The Morgan fingerprint density at radius 1 is 1.33 bits per heavy atom. The lowest BCUT2D eigenvalue weighted by Gasteiger charge is -2.39. The van der Waals surface area contributed by atoms with Gasteiger partial charge in [-0.3, -0.25) is 4.90 Å². The first-order valence-corrected chi connectivity index (χ1v) is 6.44. The maximum absolute atomic E-state index is 13.7. The van der Waals surface area contributed by atoms with Gasteiger partial charge in [-0.05, 0) is 31.4 Å². The van der Waals surface area contributed by atoms with E-state index in [4.69, 9.17) is 5.73 Å². The zero-order valence-corrected chi connectivity index (χ0v) is 10.9. The predicted molar refractivity (Wildman–Crippen MR) is 68.1 cm³/mol. The molecule has 1 fully saturated rings. The average molecular weight is 254 g/mol. The Bertz CT molecular complexity index is 402. The molecule has 1 heterocycles. The lowest BCUT2D eigenvalue weighted by molar-refractivity contribution is 0.120. The standard InChI is InChI=1S/C14H20F2N2/c1-9-8-18(7-6-13(9)17)10(2)14-11(15)4-3-5-12(14)16/h3-5,9-10,13H,6-8,17H2,1-2H3. The van der Waals surface area contributed by atoms with Crippen molar-refractivity contribution in [2.24, 2.45) is 11.7 Å².